The van der Waals surface area contributed by atoms with Crippen LogP contribution >= 0.6 is 0 Å². The van der Waals surface area contributed by atoms with Gasteiger partial charge in [-0.3, -0.25) is 0 Å². The number of urea groups is 1. The first kappa shape index (κ1) is 19.2. The Morgan fingerprint density at radius 2 is 1.74 bits per heavy atom. The van der Waals surface area contributed by atoms with E-state index >= 15 is 0 Å². The predicted molar refractivity (Wildman–Crippen MR) is 95.0 cm³/mol. The van der Waals surface area contributed by atoms with E-state index in [1.165, 1.54) is 35.2 Å². The van der Waals surface area contributed by atoms with E-state index in [0.717, 1.165) is 30.9 Å². The molecule has 1 aliphatic rings. The molecule has 27 heavy (non-hydrogen) atoms. The molecule has 1 atom stereocenters. The van der Waals surface area contributed by atoms with Crippen LogP contribution in [0.3, 0.4) is 0 Å². The largest absolute Gasteiger partial charge is 0.418 e. The molecule has 0 spiro atoms. The van der Waals surface area contributed by atoms with Gasteiger partial charge in [0.15, 0.2) is 0 Å². The zero-order valence-corrected chi connectivity index (χ0v) is 14.6. The lowest BCUT2D eigenvalue weighted by molar-refractivity contribution is -0.136. The minimum absolute atomic E-state index is 0.0247. The van der Waals surface area contributed by atoms with Crippen LogP contribution in [0.4, 0.5) is 28.0 Å². The van der Waals surface area contributed by atoms with Crippen LogP contribution in [0, 0.1) is 5.82 Å². The van der Waals surface area contributed by atoms with Gasteiger partial charge in [0.25, 0.3) is 0 Å². The van der Waals surface area contributed by atoms with Crippen LogP contribution in [0.2, 0.25) is 0 Å². The molecule has 3 rings (SSSR count). The van der Waals surface area contributed by atoms with Crippen molar-refractivity contribution in [1.29, 1.82) is 0 Å². The lowest BCUT2D eigenvalue weighted by Crippen LogP contribution is -2.37. The Balaban J connectivity index is 1.75. The van der Waals surface area contributed by atoms with Gasteiger partial charge in [0.1, 0.15) is 5.82 Å². The molecular formula is C20H20F4N2O. The molecule has 1 fully saturated rings. The third-order valence-corrected chi connectivity index (χ3v) is 4.77. The highest BCUT2D eigenvalue weighted by molar-refractivity contribution is 5.90. The molecule has 2 aromatic carbocycles. The van der Waals surface area contributed by atoms with Gasteiger partial charge in [0.2, 0.25) is 0 Å². The van der Waals surface area contributed by atoms with Crippen molar-refractivity contribution in [3.8, 4) is 0 Å². The lowest BCUT2D eigenvalue weighted by Gasteiger charge is -2.26. The third kappa shape index (κ3) is 4.78. The number of nitrogens with zero attached hydrogens (tertiary/aromatic N) is 1. The minimum atomic E-state index is -4.54. The first-order valence-electron chi connectivity index (χ1n) is 8.82. The highest BCUT2D eigenvalue weighted by Crippen LogP contribution is 2.35. The number of hydrogen-bond donors (Lipinski definition) is 1. The third-order valence-electron chi connectivity index (χ3n) is 4.77. The van der Waals surface area contributed by atoms with Gasteiger partial charge in [0.05, 0.1) is 11.3 Å². The molecule has 1 unspecified atom stereocenters. The average molecular weight is 380 g/mol. The minimum Gasteiger partial charge on any atom is -0.324 e. The molecule has 0 aromatic heterocycles. The van der Waals surface area contributed by atoms with Crippen LogP contribution in [-0.2, 0) is 6.18 Å². The SMILES string of the molecule is O=C(Nc1ccccc1C(F)(F)F)N1CCCCC(c2ccc(F)cc2)C1. The zero-order chi connectivity index (χ0) is 19.4. The Labute approximate surface area is 155 Å². The molecule has 3 nitrogen and oxygen atoms in total. The molecule has 7 heteroatoms. The summed E-state index contributed by atoms with van der Waals surface area (Å²) in [5, 5.41) is 2.40. The number of nitrogens with one attached hydrogen (secondary N) is 1. The van der Waals surface area contributed by atoms with Crippen molar-refractivity contribution in [2.24, 2.45) is 0 Å². The smallest absolute Gasteiger partial charge is 0.324 e. The number of alkyl halides is 3. The molecular weight excluding hydrogens is 360 g/mol. The number of carbonyl (C=O) groups is 1. The van der Waals surface area contributed by atoms with Crippen LogP contribution in [0.25, 0.3) is 0 Å². The van der Waals surface area contributed by atoms with Crippen molar-refractivity contribution >= 4 is 11.7 Å². The van der Waals surface area contributed by atoms with Crippen molar-refractivity contribution in [2.45, 2.75) is 31.4 Å². The number of para-hydroxylation sites is 1. The molecule has 1 aliphatic heterocycles. The molecule has 144 valence electrons. The van der Waals surface area contributed by atoms with E-state index in [0.29, 0.717) is 13.1 Å². The van der Waals surface area contributed by atoms with E-state index in [4.69, 9.17) is 0 Å². The second kappa shape index (κ2) is 7.98. The molecule has 2 aromatic rings. The number of likely N-dealkylation sites (tertiary alicyclic amines) is 1. The fourth-order valence-corrected chi connectivity index (χ4v) is 3.37. The second-order valence-corrected chi connectivity index (χ2v) is 6.66. The summed E-state index contributed by atoms with van der Waals surface area (Å²) in [6, 6.07) is 10.5. The molecule has 1 saturated heterocycles. The zero-order valence-electron chi connectivity index (χ0n) is 14.6. The maximum Gasteiger partial charge on any atom is 0.418 e. The van der Waals surface area contributed by atoms with E-state index in [2.05, 4.69) is 5.32 Å². The van der Waals surface area contributed by atoms with Crippen LogP contribution in [-0.4, -0.2) is 24.0 Å². The van der Waals surface area contributed by atoms with Crippen molar-refractivity contribution in [1.82, 2.24) is 4.90 Å². The van der Waals surface area contributed by atoms with Crippen LogP contribution in [0.5, 0.6) is 0 Å². The highest BCUT2D eigenvalue weighted by atomic mass is 19.4. The fourth-order valence-electron chi connectivity index (χ4n) is 3.37. The standard InChI is InChI=1S/C20H20F4N2O/c21-16-10-8-14(9-11-16)15-5-3-4-12-26(13-15)19(27)25-18-7-2-1-6-17(18)20(22,23)24/h1-2,6-11,15H,3-5,12-13H2,(H,25,27). The van der Waals surface area contributed by atoms with Crippen molar-refractivity contribution in [3.63, 3.8) is 0 Å². The number of carbonyl (C=O) groups excluding carboxylic acids is 1. The average Bonchev–Trinajstić information content (AvgIpc) is 2.88. The predicted octanol–water partition coefficient (Wildman–Crippen LogP) is 5.65. The van der Waals surface area contributed by atoms with Gasteiger partial charge in [-0.15, -0.1) is 0 Å². The summed E-state index contributed by atoms with van der Waals surface area (Å²) in [6.07, 6.45) is -2.04. The summed E-state index contributed by atoms with van der Waals surface area (Å²) in [4.78, 5) is 14.2. The van der Waals surface area contributed by atoms with Crippen molar-refractivity contribution in [3.05, 3.63) is 65.5 Å². The van der Waals surface area contributed by atoms with Crippen LogP contribution < -0.4 is 5.32 Å². The van der Waals surface area contributed by atoms with Gasteiger partial charge in [-0.1, -0.05) is 30.7 Å². The summed E-state index contributed by atoms with van der Waals surface area (Å²) in [7, 11) is 0. The van der Waals surface area contributed by atoms with Crippen molar-refractivity contribution < 1.29 is 22.4 Å². The van der Waals surface area contributed by atoms with Gasteiger partial charge < -0.3 is 10.2 Å². The van der Waals surface area contributed by atoms with E-state index < -0.39 is 17.8 Å². The number of amides is 2. The summed E-state index contributed by atoms with van der Waals surface area (Å²) >= 11 is 0. The maximum atomic E-state index is 13.1. The molecule has 1 N–H and O–H groups in total. The highest BCUT2D eigenvalue weighted by Gasteiger charge is 2.34. The van der Waals surface area contributed by atoms with Crippen molar-refractivity contribution in [2.75, 3.05) is 18.4 Å². The Bertz CT molecular complexity index is 789. The second-order valence-electron chi connectivity index (χ2n) is 6.66. The Morgan fingerprint density at radius 1 is 1.04 bits per heavy atom. The molecule has 0 bridgehead atoms. The fraction of sp³-hybridized carbons (Fsp3) is 0.350. The molecule has 0 aliphatic carbocycles. The number of rotatable bonds is 2. The topological polar surface area (TPSA) is 32.3 Å². The van der Waals surface area contributed by atoms with Gasteiger partial charge in [0, 0.05) is 19.0 Å². The normalized spacial score (nSPS) is 18.1. The summed E-state index contributed by atoms with van der Waals surface area (Å²) < 4.78 is 52.5. The molecule has 0 radical (unpaired) electrons. The van der Waals surface area contributed by atoms with Gasteiger partial charge in [-0.25, -0.2) is 9.18 Å². The van der Waals surface area contributed by atoms with Crippen LogP contribution in [0.15, 0.2) is 48.5 Å². The number of hydrogen-bond acceptors (Lipinski definition) is 1. The first-order chi connectivity index (χ1) is 12.8. The number of halogens is 4. The maximum absolute atomic E-state index is 13.1. The Morgan fingerprint density at radius 3 is 2.44 bits per heavy atom. The quantitative estimate of drug-likeness (QED) is 0.671. The molecule has 0 saturated carbocycles. The summed E-state index contributed by atoms with van der Waals surface area (Å²) in [6.45, 7) is 0.851. The lowest BCUT2D eigenvalue weighted by atomic mass is 9.94. The van der Waals surface area contributed by atoms with E-state index in [1.54, 1.807) is 12.1 Å². The molecule has 2 amide bonds. The molecule has 1 heterocycles. The van der Waals surface area contributed by atoms with Crippen LogP contribution in [0.1, 0.15) is 36.3 Å². The number of anilines is 1. The van der Waals surface area contributed by atoms with Gasteiger partial charge in [-0.05, 0) is 42.7 Å². The Hall–Kier alpha value is -2.57. The van der Waals surface area contributed by atoms with E-state index in [-0.39, 0.29) is 17.4 Å². The number of benzene rings is 2. The summed E-state index contributed by atoms with van der Waals surface area (Å²) in [5.41, 5.74) is -0.201. The monoisotopic (exact) mass is 380 g/mol. The first-order valence-corrected chi connectivity index (χ1v) is 8.82. The van der Waals surface area contributed by atoms with E-state index in [1.807, 2.05) is 0 Å². The van der Waals surface area contributed by atoms with Gasteiger partial charge >= 0.3 is 12.2 Å². The summed E-state index contributed by atoms with van der Waals surface area (Å²) in [5.74, 6) is -0.303. The van der Waals surface area contributed by atoms with Gasteiger partial charge in [-0.2, -0.15) is 13.2 Å². The van der Waals surface area contributed by atoms with E-state index in [9.17, 15) is 22.4 Å². The Kier molecular flexibility index (Phi) is 5.68.